The topological polar surface area (TPSA) is 59.6 Å². The molecule has 0 amide bonds. The van der Waals surface area contributed by atoms with E-state index in [1.54, 1.807) is 0 Å². The molecule has 2 aromatic carbocycles. The minimum absolute atomic E-state index is 0.580. The molecule has 1 saturated heterocycles. The first-order valence-corrected chi connectivity index (χ1v) is 10.4. The summed E-state index contributed by atoms with van der Waals surface area (Å²) in [4.78, 5) is 10.4. The minimum Gasteiger partial charge on any atom is -0.490 e. The maximum Gasteiger partial charge on any atom is 0.161 e. The van der Waals surface area contributed by atoms with Crippen molar-refractivity contribution in [1.29, 1.82) is 0 Å². The van der Waals surface area contributed by atoms with Crippen molar-refractivity contribution in [3.05, 3.63) is 40.9 Å². The van der Waals surface area contributed by atoms with Gasteiger partial charge in [-0.25, -0.2) is 4.98 Å². The van der Waals surface area contributed by atoms with Gasteiger partial charge >= 0.3 is 0 Å². The summed E-state index contributed by atoms with van der Waals surface area (Å²) in [6, 6.07) is 12.0. The number of ether oxygens (including phenoxy) is 3. The largest absolute Gasteiger partial charge is 0.490 e. The third-order valence-electron chi connectivity index (χ3n) is 4.73. The summed E-state index contributed by atoms with van der Waals surface area (Å²) in [6.07, 6.45) is 0. The molecule has 0 aliphatic carbocycles. The lowest BCUT2D eigenvalue weighted by molar-refractivity contribution is 0.0321. The number of benzene rings is 2. The van der Waals surface area contributed by atoms with Crippen molar-refractivity contribution >= 4 is 27.0 Å². The highest BCUT2D eigenvalue weighted by Gasteiger charge is 2.13. The fourth-order valence-corrected chi connectivity index (χ4v) is 3.63. The number of H-pyrrole nitrogens is 1. The number of aromatic nitrogens is 2. The van der Waals surface area contributed by atoms with Crippen molar-refractivity contribution in [3.8, 4) is 22.9 Å². The van der Waals surface area contributed by atoms with E-state index >= 15 is 0 Å². The molecule has 0 unspecified atom stereocenters. The normalized spacial score (nSPS) is 15.1. The smallest absolute Gasteiger partial charge is 0.161 e. The summed E-state index contributed by atoms with van der Waals surface area (Å²) in [5, 5.41) is 0. The van der Waals surface area contributed by atoms with Crippen LogP contribution >= 0.6 is 15.9 Å². The van der Waals surface area contributed by atoms with E-state index in [1.807, 2.05) is 43.3 Å². The van der Waals surface area contributed by atoms with Gasteiger partial charge < -0.3 is 19.2 Å². The summed E-state index contributed by atoms with van der Waals surface area (Å²) in [6.45, 7) is 7.58. The number of fused-ring (bicyclic) bond motifs is 1. The number of nitrogens with one attached hydrogen (secondary N) is 1. The van der Waals surface area contributed by atoms with Crippen LogP contribution in [0.4, 0.5) is 0 Å². The van der Waals surface area contributed by atoms with E-state index in [9.17, 15) is 0 Å². The van der Waals surface area contributed by atoms with E-state index in [-0.39, 0.29) is 0 Å². The summed E-state index contributed by atoms with van der Waals surface area (Å²) in [5.74, 6) is 2.32. The fourth-order valence-electron chi connectivity index (χ4n) is 3.27. The molecule has 0 bridgehead atoms. The zero-order valence-corrected chi connectivity index (χ0v) is 17.5. The zero-order chi connectivity index (χ0) is 19.3. The molecular weight excluding hydrogens is 422 g/mol. The Kier molecular flexibility index (Phi) is 6.14. The van der Waals surface area contributed by atoms with Crippen LogP contribution in [-0.2, 0) is 4.74 Å². The van der Waals surface area contributed by atoms with Crippen LogP contribution in [0.1, 0.15) is 6.92 Å². The number of rotatable bonds is 7. The lowest BCUT2D eigenvalue weighted by Crippen LogP contribution is -2.38. The second kappa shape index (κ2) is 8.94. The molecule has 6 nitrogen and oxygen atoms in total. The second-order valence-corrected chi connectivity index (χ2v) is 7.56. The van der Waals surface area contributed by atoms with E-state index in [0.717, 1.165) is 71.2 Å². The van der Waals surface area contributed by atoms with Gasteiger partial charge in [-0.05, 0) is 43.3 Å². The Labute approximate surface area is 172 Å². The Balaban J connectivity index is 1.50. The predicted octanol–water partition coefficient (Wildman–Crippen LogP) is 4.10. The lowest BCUT2D eigenvalue weighted by atomic mass is 10.2. The van der Waals surface area contributed by atoms with Crippen molar-refractivity contribution in [2.45, 2.75) is 6.92 Å². The van der Waals surface area contributed by atoms with Gasteiger partial charge in [0.2, 0.25) is 0 Å². The van der Waals surface area contributed by atoms with Crippen LogP contribution in [0.5, 0.6) is 11.5 Å². The first-order valence-electron chi connectivity index (χ1n) is 9.58. The van der Waals surface area contributed by atoms with Gasteiger partial charge in [-0.15, -0.1) is 0 Å². The van der Waals surface area contributed by atoms with Gasteiger partial charge in [0.05, 0.1) is 30.9 Å². The number of nitrogens with zero attached hydrogens (tertiary/aromatic N) is 2. The Bertz CT molecular complexity index is 938. The maximum absolute atomic E-state index is 6.01. The van der Waals surface area contributed by atoms with E-state index in [4.69, 9.17) is 14.2 Å². The average Bonchev–Trinajstić information content (AvgIpc) is 3.13. The SMILES string of the molecule is CCOc1cc(-c2nc3ccc(Br)cc3[nH]2)ccc1OCCN1CCOCC1. The lowest BCUT2D eigenvalue weighted by Gasteiger charge is -2.26. The number of morpholine rings is 1. The van der Waals surface area contributed by atoms with Gasteiger partial charge in [0.25, 0.3) is 0 Å². The van der Waals surface area contributed by atoms with E-state index in [0.29, 0.717) is 13.2 Å². The standard InChI is InChI=1S/C21H24BrN3O3/c1-2-27-20-13-15(21-23-17-5-4-16(22)14-18(17)24-21)3-6-19(20)28-12-9-25-7-10-26-11-8-25/h3-6,13-14H,2,7-12H2,1H3,(H,23,24). The van der Waals surface area contributed by atoms with E-state index < -0.39 is 0 Å². The first kappa shape index (κ1) is 19.2. The van der Waals surface area contributed by atoms with E-state index in [1.165, 1.54) is 0 Å². The molecule has 3 aromatic rings. The molecule has 1 aliphatic rings. The Hall–Kier alpha value is -2.09. The molecule has 148 valence electrons. The summed E-state index contributed by atoms with van der Waals surface area (Å²) in [7, 11) is 0. The minimum atomic E-state index is 0.580. The fraction of sp³-hybridized carbons (Fsp3) is 0.381. The Morgan fingerprint density at radius 2 is 1.96 bits per heavy atom. The van der Waals surface area contributed by atoms with Crippen LogP contribution in [0, 0.1) is 0 Å². The molecule has 2 heterocycles. The highest BCUT2D eigenvalue weighted by molar-refractivity contribution is 9.10. The molecule has 1 N–H and O–H groups in total. The highest BCUT2D eigenvalue weighted by Crippen LogP contribution is 2.33. The van der Waals surface area contributed by atoms with Crippen molar-refractivity contribution in [3.63, 3.8) is 0 Å². The molecule has 0 spiro atoms. The van der Waals surface area contributed by atoms with Crippen LogP contribution < -0.4 is 9.47 Å². The molecule has 0 radical (unpaired) electrons. The second-order valence-electron chi connectivity index (χ2n) is 6.64. The van der Waals surface area contributed by atoms with Gasteiger partial charge in [0, 0.05) is 29.7 Å². The van der Waals surface area contributed by atoms with E-state index in [2.05, 4.69) is 30.8 Å². The van der Waals surface area contributed by atoms with Crippen molar-refractivity contribution in [1.82, 2.24) is 14.9 Å². The molecular formula is C21H24BrN3O3. The van der Waals surface area contributed by atoms with Crippen molar-refractivity contribution < 1.29 is 14.2 Å². The Morgan fingerprint density at radius 3 is 2.79 bits per heavy atom. The maximum atomic E-state index is 6.01. The van der Waals surface area contributed by atoms with Crippen molar-refractivity contribution in [2.75, 3.05) is 46.1 Å². The van der Waals surface area contributed by atoms with Crippen LogP contribution in [0.2, 0.25) is 0 Å². The Morgan fingerprint density at radius 1 is 1.11 bits per heavy atom. The molecule has 4 rings (SSSR count). The molecule has 0 saturated carbocycles. The molecule has 28 heavy (non-hydrogen) atoms. The molecule has 1 aliphatic heterocycles. The molecule has 1 fully saturated rings. The summed E-state index contributed by atoms with van der Waals surface area (Å²) >= 11 is 3.50. The molecule has 1 aromatic heterocycles. The quantitative estimate of drug-likeness (QED) is 0.592. The van der Waals surface area contributed by atoms with Gasteiger partial charge in [-0.1, -0.05) is 15.9 Å². The first-order chi connectivity index (χ1) is 13.7. The number of hydrogen-bond acceptors (Lipinski definition) is 5. The highest BCUT2D eigenvalue weighted by atomic mass is 79.9. The number of hydrogen-bond donors (Lipinski definition) is 1. The van der Waals surface area contributed by atoms with Crippen LogP contribution in [0.3, 0.4) is 0 Å². The van der Waals surface area contributed by atoms with Gasteiger partial charge in [0.15, 0.2) is 11.5 Å². The van der Waals surface area contributed by atoms with Crippen molar-refractivity contribution in [2.24, 2.45) is 0 Å². The third kappa shape index (κ3) is 4.48. The monoisotopic (exact) mass is 445 g/mol. The number of halogens is 1. The van der Waals surface area contributed by atoms with Crippen LogP contribution in [0.25, 0.3) is 22.4 Å². The van der Waals surface area contributed by atoms with Gasteiger partial charge in [-0.3, -0.25) is 4.90 Å². The average molecular weight is 446 g/mol. The molecule has 0 atom stereocenters. The third-order valence-corrected chi connectivity index (χ3v) is 5.22. The summed E-state index contributed by atoms with van der Waals surface area (Å²) < 4.78 is 18.2. The van der Waals surface area contributed by atoms with Gasteiger partial charge in [-0.2, -0.15) is 0 Å². The number of imidazole rings is 1. The van der Waals surface area contributed by atoms with Gasteiger partial charge in [0.1, 0.15) is 12.4 Å². The predicted molar refractivity (Wildman–Crippen MR) is 113 cm³/mol. The van der Waals surface area contributed by atoms with Crippen LogP contribution in [-0.4, -0.2) is 60.9 Å². The number of aromatic amines is 1. The summed E-state index contributed by atoms with van der Waals surface area (Å²) in [5.41, 5.74) is 2.89. The zero-order valence-electron chi connectivity index (χ0n) is 15.9. The van der Waals surface area contributed by atoms with Crippen LogP contribution in [0.15, 0.2) is 40.9 Å². The molecule has 7 heteroatoms.